The van der Waals surface area contributed by atoms with Gasteiger partial charge in [-0.05, 0) is 18.6 Å². The lowest BCUT2D eigenvalue weighted by molar-refractivity contribution is 0.528. The van der Waals surface area contributed by atoms with Crippen molar-refractivity contribution in [3.05, 3.63) is 35.2 Å². The van der Waals surface area contributed by atoms with Crippen LogP contribution in [0.5, 0.6) is 0 Å². The predicted molar refractivity (Wildman–Crippen MR) is 93.0 cm³/mol. The average Bonchev–Trinajstić information content (AvgIpc) is 3.21. The molecule has 0 bridgehead atoms. The third kappa shape index (κ3) is 4.21. The Morgan fingerprint density at radius 3 is 2.91 bits per heavy atom. The second kappa shape index (κ2) is 7.76. The smallest absolute Gasteiger partial charge is 0.249 e. The summed E-state index contributed by atoms with van der Waals surface area (Å²) in [6.07, 6.45) is 1.05. The molecule has 0 aliphatic carbocycles. The van der Waals surface area contributed by atoms with Gasteiger partial charge in [-0.1, -0.05) is 53.8 Å². The van der Waals surface area contributed by atoms with Crippen molar-refractivity contribution in [2.45, 2.75) is 23.4 Å². The van der Waals surface area contributed by atoms with E-state index in [0.29, 0.717) is 22.6 Å². The van der Waals surface area contributed by atoms with Crippen LogP contribution in [0.3, 0.4) is 0 Å². The Kier molecular flexibility index (Phi) is 5.47. The molecule has 0 spiro atoms. The Hall–Kier alpha value is -1.64. The zero-order chi connectivity index (χ0) is 16.1. The number of thioether (sulfide) groups is 1. The van der Waals surface area contributed by atoms with E-state index in [4.69, 9.17) is 16.0 Å². The summed E-state index contributed by atoms with van der Waals surface area (Å²) in [7, 11) is 0. The molecule has 0 unspecified atom stereocenters. The molecule has 3 rings (SSSR count). The van der Waals surface area contributed by atoms with Crippen molar-refractivity contribution in [1.82, 2.24) is 20.4 Å². The summed E-state index contributed by atoms with van der Waals surface area (Å²) in [4.78, 5) is 0. The molecule has 0 fully saturated rings. The van der Waals surface area contributed by atoms with Crippen LogP contribution in [0.1, 0.15) is 19.2 Å². The van der Waals surface area contributed by atoms with E-state index in [2.05, 4.69) is 32.6 Å². The molecule has 0 amide bonds. The highest BCUT2D eigenvalue weighted by molar-refractivity contribution is 8.00. The van der Waals surface area contributed by atoms with Gasteiger partial charge in [0.25, 0.3) is 0 Å². The lowest BCUT2D eigenvalue weighted by atomic mass is 10.2. The van der Waals surface area contributed by atoms with Gasteiger partial charge < -0.3 is 9.73 Å². The fourth-order valence-corrected chi connectivity index (χ4v) is 3.58. The third-order valence-corrected chi connectivity index (χ3v) is 5.15. The molecule has 3 aromatic rings. The number of hydrogen-bond acceptors (Lipinski definition) is 8. The van der Waals surface area contributed by atoms with E-state index in [0.717, 1.165) is 28.0 Å². The van der Waals surface area contributed by atoms with Crippen molar-refractivity contribution in [3.8, 4) is 11.5 Å². The van der Waals surface area contributed by atoms with Gasteiger partial charge in [-0.25, -0.2) is 0 Å². The van der Waals surface area contributed by atoms with Crippen LogP contribution in [-0.2, 0) is 5.75 Å². The van der Waals surface area contributed by atoms with Crippen molar-refractivity contribution in [2.75, 3.05) is 11.9 Å². The molecule has 1 N–H and O–H groups in total. The van der Waals surface area contributed by atoms with Gasteiger partial charge in [0.1, 0.15) is 0 Å². The van der Waals surface area contributed by atoms with E-state index in [1.54, 1.807) is 6.07 Å². The topological polar surface area (TPSA) is 76.7 Å². The van der Waals surface area contributed by atoms with Gasteiger partial charge in [0.2, 0.25) is 16.9 Å². The normalized spacial score (nSPS) is 10.9. The van der Waals surface area contributed by atoms with E-state index >= 15 is 0 Å². The number of rotatable bonds is 7. The van der Waals surface area contributed by atoms with Crippen molar-refractivity contribution < 1.29 is 4.42 Å². The zero-order valence-corrected chi connectivity index (χ0v) is 14.7. The first-order valence-electron chi connectivity index (χ1n) is 7.03. The van der Waals surface area contributed by atoms with Crippen LogP contribution in [0, 0.1) is 0 Å². The molecule has 0 saturated heterocycles. The van der Waals surface area contributed by atoms with E-state index in [1.165, 1.54) is 23.1 Å². The summed E-state index contributed by atoms with van der Waals surface area (Å²) in [5.41, 5.74) is 0.736. The first-order chi connectivity index (χ1) is 11.3. The Morgan fingerprint density at radius 1 is 1.22 bits per heavy atom. The van der Waals surface area contributed by atoms with Crippen molar-refractivity contribution >= 4 is 39.8 Å². The summed E-state index contributed by atoms with van der Waals surface area (Å²) in [6.45, 7) is 3.00. The van der Waals surface area contributed by atoms with Crippen LogP contribution >= 0.6 is 34.7 Å². The van der Waals surface area contributed by atoms with Crippen LogP contribution < -0.4 is 5.32 Å². The van der Waals surface area contributed by atoms with Crippen molar-refractivity contribution in [3.63, 3.8) is 0 Å². The van der Waals surface area contributed by atoms with Gasteiger partial charge >= 0.3 is 0 Å². The van der Waals surface area contributed by atoms with Gasteiger partial charge in [-0.3, -0.25) is 0 Å². The van der Waals surface area contributed by atoms with Crippen molar-refractivity contribution in [1.29, 1.82) is 0 Å². The minimum absolute atomic E-state index is 0.425. The Morgan fingerprint density at radius 2 is 2.09 bits per heavy atom. The van der Waals surface area contributed by atoms with E-state index < -0.39 is 0 Å². The molecule has 0 atom stereocenters. The highest BCUT2D eigenvalue weighted by atomic mass is 35.5. The molecule has 0 aliphatic rings. The standard InChI is InChI=1S/C14H14ClN5OS2/c1-2-7-16-13-19-20-14(23-13)22-8-11-17-18-12(21-11)9-5-3-4-6-10(9)15/h3-6H,2,7-8H2,1H3,(H,16,19). The fraction of sp³-hybridized carbons (Fsp3) is 0.286. The SMILES string of the molecule is CCCNc1nnc(SCc2nnc(-c3ccccc3Cl)o2)s1. The zero-order valence-electron chi connectivity index (χ0n) is 12.3. The van der Waals surface area contributed by atoms with Gasteiger partial charge in [-0.2, -0.15) is 0 Å². The molecule has 2 aromatic heterocycles. The Labute approximate surface area is 146 Å². The lowest BCUT2D eigenvalue weighted by Crippen LogP contribution is -1.98. The average molecular weight is 368 g/mol. The van der Waals surface area contributed by atoms with Gasteiger partial charge in [-0.15, -0.1) is 20.4 Å². The lowest BCUT2D eigenvalue weighted by Gasteiger charge is -1.97. The van der Waals surface area contributed by atoms with Crippen LogP contribution in [0.25, 0.3) is 11.5 Å². The van der Waals surface area contributed by atoms with Gasteiger partial charge in [0.15, 0.2) is 4.34 Å². The number of halogens is 1. The number of nitrogens with zero attached hydrogens (tertiary/aromatic N) is 4. The molecule has 0 aliphatic heterocycles. The number of hydrogen-bond donors (Lipinski definition) is 1. The first-order valence-corrected chi connectivity index (χ1v) is 9.21. The van der Waals surface area contributed by atoms with Gasteiger partial charge in [0, 0.05) is 6.54 Å². The Balaban J connectivity index is 1.61. The molecule has 0 radical (unpaired) electrons. The number of aromatic nitrogens is 4. The molecular formula is C14H14ClN5OS2. The molecule has 1 aromatic carbocycles. The van der Waals surface area contributed by atoms with E-state index in [1.807, 2.05) is 18.2 Å². The van der Waals surface area contributed by atoms with Crippen molar-refractivity contribution in [2.24, 2.45) is 0 Å². The van der Waals surface area contributed by atoms with E-state index in [9.17, 15) is 0 Å². The third-order valence-electron chi connectivity index (χ3n) is 2.82. The number of anilines is 1. The number of nitrogens with one attached hydrogen (secondary N) is 1. The molecule has 9 heteroatoms. The summed E-state index contributed by atoms with van der Waals surface area (Å²) < 4.78 is 6.52. The van der Waals surface area contributed by atoms with Gasteiger partial charge in [0.05, 0.1) is 16.3 Å². The summed E-state index contributed by atoms with van der Waals surface area (Å²) in [6, 6.07) is 7.38. The largest absolute Gasteiger partial charge is 0.420 e. The maximum atomic E-state index is 6.13. The first kappa shape index (κ1) is 16.2. The van der Waals surface area contributed by atoms with E-state index in [-0.39, 0.29) is 0 Å². The molecular weight excluding hydrogens is 354 g/mol. The molecule has 0 saturated carbocycles. The summed E-state index contributed by atoms with van der Waals surface area (Å²) in [5, 5.41) is 20.9. The van der Waals surface area contributed by atoms with Crippen LogP contribution in [0.15, 0.2) is 33.0 Å². The summed E-state index contributed by atoms with van der Waals surface area (Å²) in [5.74, 6) is 1.50. The molecule has 120 valence electrons. The number of benzene rings is 1. The molecule has 2 heterocycles. The maximum absolute atomic E-state index is 6.13. The minimum Gasteiger partial charge on any atom is -0.420 e. The summed E-state index contributed by atoms with van der Waals surface area (Å²) >= 11 is 9.16. The second-order valence-electron chi connectivity index (χ2n) is 4.57. The highest BCUT2D eigenvalue weighted by Crippen LogP contribution is 2.30. The molecule has 23 heavy (non-hydrogen) atoms. The minimum atomic E-state index is 0.425. The van der Waals surface area contributed by atoms with Crippen LogP contribution in [0.2, 0.25) is 5.02 Å². The fourth-order valence-electron chi connectivity index (χ4n) is 1.75. The second-order valence-corrected chi connectivity index (χ2v) is 7.18. The maximum Gasteiger partial charge on any atom is 0.249 e. The highest BCUT2D eigenvalue weighted by Gasteiger charge is 2.12. The quantitative estimate of drug-likeness (QED) is 0.622. The Bertz CT molecular complexity index is 776. The monoisotopic (exact) mass is 367 g/mol. The van der Waals surface area contributed by atoms with Crippen LogP contribution in [-0.4, -0.2) is 26.9 Å². The molecule has 6 nitrogen and oxygen atoms in total. The predicted octanol–water partition coefficient (Wildman–Crippen LogP) is 4.36. The van der Waals surface area contributed by atoms with Crippen LogP contribution in [0.4, 0.5) is 5.13 Å².